The normalized spacial score (nSPS) is 13.0. The van der Waals surface area contributed by atoms with E-state index in [-0.39, 0.29) is 35.9 Å². The van der Waals surface area contributed by atoms with E-state index >= 15 is 0 Å². The van der Waals surface area contributed by atoms with Crippen molar-refractivity contribution in [3.05, 3.63) is 65.5 Å². The number of aryl methyl sites for hydroxylation is 1. The molecule has 2 unspecified atom stereocenters. The summed E-state index contributed by atoms with van der Waals surface area (Å²) in [5.41, 5.74) is 7.45. The van der Waals surface area contributed by atoms with E-state index in [1.807, 2.05) is 38.1 Å². The predicted octanol–water partition coefficient (Wildman–Crippen LogP) is 3.03. The average Bonchev–Trinajstić information content (AvgIpc) is 2.70. The number of benzene rings is 2. The van der Waals surface area contributed by atoms with E-state index < -0.39 is 11.8 Å². The van der Waals surface area contributed by atoms with Gasteiger partial charge in [0, 0.05) is 13.6 Å². The summed E-state index contributed by atoms with van der Waals surface area (Å²) in [6, 6.07) is 13.9. The van der Waals surface area contributed by atoms with Crippen LogP contribution < -0.4 is 21.1 Å². The Labute approximate surface area is 194 Å². The number of primary amides is 1. The van der Waals surface area contributed by atoms with Crippen LogP contribution in [0.25, 0.3) is 0 Å². The molecule has 6 nitrogen and oxygen atoms in total. The highest BCUT2D eigenvalue weighted by Crippen LogP contribution is 2.17. The van der Waals surface area contributed by atoms with Crippen molar-refractivity contribution in [3.63, 3.8) is 0 Å². The summed E-state index contributed by atoms with van der Waals surface area (Å²) in [6.45, 7) is 4.82. The molecule has 0 saturated heterocycles. The van der Waals surface area contributed by atoms with Crippen LogP contribution in [0.5, 0.6) is 5.75 Å². The van der Waals surface area contributed by atoms with Gasteiger partial charge in [0.2, 0.25) is 5.91 Å². The summed E-state index contributed by atoms with van der Waals surface area (Å²) in [4.78, 5) is 16.0. The smallest absolute Gasteiger partial charge is 0.222 e. The Morgan fingerprint density at radius 2 is 1.77 bits per heavy atom. The van der Waals surface area contributed by atoms with Crippen LogP contribution >= 0.6 is 24.0 Å². The third-order valence-electron chi connectivity index (χ3n) is 4.52. The molecule has 0 saturated carbocycles. The predicted molar refractivity (Wildman–Crippen MR) is 129 cm³/mol. The fraction of sp³-hybridized carbons (Fsp3) is 0.364. The molecule has 0 bridgehead atoms. The summed E-state index contributed by atoms with van der Waals surface area (Å²) >= 11 is 0. The third-order valence-corrected chi connectivity index (χ3v) is 4.52. The molecule has 2 aromatic carbocycles. The lowest BCUT2D eigenvalue weighted by molar-refractivity contribution is -0.121. The number of nitrogens with two attached hydrogens (primary N) is 1. The Balaban J connectivity index is 0.00000450. The molecule has 0 aliphatic heterocycles. The standard InChI is InChI=1S/C22H29FN4O2.HI/c1-15-6-4-5-7-20(15)29-16(2)13-26-22(25-3)27-14-18(21(24)28)12-17-8-10-19(23)11-9-17;/h4-11,16,18H,12-14H2,1-3H3,(H2,24,28)(H2,25,26,27);1H. The number of para-hydroxylation sites is 1. The summed E-state index contributed by atoms with van der Waals surface area (Å²) in [7, 11) is 1.65. The second kappa shape index (κ2) is 13.0. The fourth-order valence-electron chi connectivity index (χ4n) is 2.81. The van der Waals surface area contributed by atoms with Gasteiger partial charge in [0.05, 0.1) is 12.5 Å². The highest BCUT2D eigenvalue weighted by atomic mass is 127. The SMILES string of the molecule is CN=C(NCC(C)Oc1ccccc1C)NCC(Cc1ccc(F)cc1)C(N)=O.I. The Hall–Kier alpha value is -2.36. The van der Waals surface area contributed by atoms with Crippen LogP contribution in [0.4, 0.5) is 4.39 Å². The van der Waals surface area contributed by atoms with Gasteiger partial charge in [-0.2, -0.15) is 0 Å². The fourth-order valence-corrected chi connectivity index (χ4v) is 2.81. The first-order valence-corrected chi connectivity index (χ1v) is 9.59. The van der Waals surface area contributed by atoms with Gasteiger partial charge < -0.3 is 21.1 Å². The van der Waals surface area contributed by atoms with Crippen molar-refractivity contribution < 1.29 is 13.9 Å². The molecule has 0 fully saturated rings. The number of amides is 1. The lowest BCUT2D eigenvalue weighted by Gasteiger charge is -2.20. The van der Waals surface area contributed by atoms with Crippen LogP contribution in [0.3, 0.4) is 0 Å². The monoisotopic (exact) mass is 528 g/mol. The minimum absolute atomic E-state index is 0. The number of guanidine groups is 1. The number of rotatable bonds is 9. The Kier molecular flexibility index (Phi) is 11.2. The van der Waals surface area contributed by atoms with Crippen LogP contribution in [0.1, 0.15) is 18.1 Å². The zero-order valence-electron chi connectivity index (χ0n) is 17.5. The van der Waals surface area contributed by atoms with Crippen molar-refractivity contribution in [1.82, 2.24) is 10.6 Å². The van der Waals surface area contributed by atoms with Gasteiger partial charge in [-0.1, -0.05) is 30.3 Å². The third kappa shape index (κ3) is 8.56. The van der Waals surface area contributed by atoms with Gasteiger partial charge in [-0.3, -0.25) is 9.79 Å². The maximum Gasteiger partial charge on any atom is 0.222 e. The molecule has 30 heavy (non-hydrogen) atoms. The largest absolute Gasteiger partial charge is 0.489 e. The maximum atomic E-state index is 13.1. The van der Waals surface area contributed by atoms with Gasteiger partial charge in [-0.15, -0.1) is 24.0 Å². The van der Waals surface area contributed by atoms with Crippen LogP contribution in [0, 0.1) is 18.7 Å². The summed E-state index contributed by atoms with van der Waals surface area (Å²) in [6.07, 6.45) is 0.340. The second-order valence-corrected chi connectivity index (χ2v) is 6.96. The Morgan fingerprint density at radius 3 is 2.37 bits per heavy atom. The van der Waals surface area contributed by atoms with E-state index in [1.54, 1.807) is 19.2 Å². The molecule has 0 aromatic heterocycles. The zero-order chi connectivity index (χ0) is 21.2. The number of hydrogen-bond donors (Lipinski definition) is 3. The molecule has 0 spiro atoms. The minimum atomic E-state index is -0.445. The molecule has 0 radical (unpaired) electrons. The zero-order valence-corrected chi connectivity index (χ0v) is 19.9. The molecule has 0 heterocycles. The molecule has 4 N–H and O–H groups in total. The molecule has 8 heteroatoms. The Morgan fingerprint density at radius 1 is 1.13 bits per heavy atom. The lowest BCUT2D eigenvalue weighted by atomic mass is 9.98. The molecule has 2 rings (SSSR count). The van der Waals surface area contributed by atoms with E-state index in [0.29, 0.717) is 25.5 Å². The van der Waals surface area contributed by atoms with Crippen molar-refractivity contribution in [1.29, 1.82) is 0 Å². The van der Waals surface area contributed by atoms with E-state index in [2.05, 4.69) is 15.6 Å². The van der Waals surface area contributed by atoms with E-state index in [9.17, 15) is 9.18 Å². The first-order chi connectivity index (χ1) is 13.9. The van der Waals surface area contributed by atoms with Crippen LogP contribution in [0.15, 0.2) is 53.5 Å². The van der Waals surface area contributed by atoms with Crippen molar-refractivity contribution >= 4 is 35.8 Å². The van der Waals surface area contributed by atoms with Gasteiger partial charge in [0.15, 0.2) is 5.96 Å². The van der Waals surface area contributed by atoms with E-state index in [4.69, 9.17) is 10.5 Å². The van der Waals surface area contributed by atoms with Gasteiger partial charge >= 0.3 is 0 Å². The van der Waals surface area contributed by atoms with Crippen LogP contribution in [0.2, 0.25) is 0 Å². The molecular weight excluding hydrogens is 498 g/mol. The number of carbonyl (C=O) groups excluding carboxylic acids is 1. The number of nitrogens with one attached hydrogen (secondary N) is 2. The van der Waals surface area contributed by atoms with Crippen molar-refractivity contribution in [3.8, 4) is 5.75 Å². The number of carbonyl (C=O) groups is 1. The second-order valence-electron chi connectivity index (χ2n) is 6.96. The van der Waals surface area contributed by atoms with E-state index in [1.165, 1.54) is 12.1 Å². The van der Waals surface area contributed by atoms with Crippen molar-refractivity contribution in [2.75, 3.05) is 20.1 Å². The van der Waals surface area contributed by atoms with Crippen molar-refractivity contribution in [2.45, 2.75) is 26.4 Å². The number of nitrogens with zero attached hydrogens (tertiary/aromatic N) is 1. The summed E-state index contributed by atoms with van der Waals surface area (Å²) in [5, 5.41) is 6.31. The number of ether oxygens (including phenoxy) is 1. The molecule has 1 amide bonds. The average molecular weight is 528 g/mol. The molecule has 2 atom stereocenters. The molecule has 0 aliphatic carbocycles. The van der Waals surface area contributed by atoms with E-state index in [0.717, 1.165) is 16.9 Å². The van der Waals surface area contributed by atoms with Crippen molar-refractivity contribution in [2.24, 2.45) is 16.6 Å². The summed E-state index contributed by atoms with van der Waals surface area (Å²) < 4.78 is 19.0. The van der Waals surface area contributed by atoms with Gasteiger partial charge in [0.1, 0.15) is 17.7 Å². The van der Waals surface area contributed by atoms with Gasteiger partial charge in [-0.25, -0.2) is 4.39 Å². The highest BCUT2D eigenvalue weighted by Gasteiger charge is 2.17. The van der Waals surface area contributed by atoms with Gasteiger partial charge in [0.25, 0.3) is 0 Å². The van der Waals surface area contributed by atoms with Crippen LogP contribution in [-0.4, -0.2) is 38.1 Å². The minimum Gasteiger partial charge on any atom is -0.489 e. The molecule has 2 aromatic rings. The van der Waals surface area contributed by atoms with Gasteiger partial charge in [-0.05, 0) is 49.6 Å². The highest BCUT2D eigenvalue weighted by molar-refractivity contribution is 14.0. The number of halogens is 2. The Bertz CT molecular complexity index is 830. The topological polar surface area (TPSA) is 88.7 Å². The summed E-state index contributed by atoms with van der Waals surface area (Å²) in [5.74, 6) is 0.218. The lowest BCUT2D eigenvalue weighted by Crippen LogP contribution is -2.45. The molecular formula is C22H30FIN4O2. The molecule has 164 valence electrons. The quantitative estimate of drug-likeness (QED) is 0.265. The van der Waals surface area contributed by atoms with Crippen LogP contribution in [-0.2, 0) is 11.2 Å². The number of hydrogen-bond acceptors (Lipinski definition) is 3. The number of aliphatic imine (C=N–C) groups is 1. The molecule has 0 aliphatic rings. The first-order valence-electron chi connectivity index (χ1n) is 9.59. The first kappa shape index (κ1) is 25.7. The maximum absolute atomic E-state index is 13.1.